The van der Waals surface area contributed by atoms with Gasteiger partial charge in [-0.3, -0.25) is 0 Å². The van der Waals surface area contributed by atoms with E-state index in [-0.39, 0.29) is 17.6 Å². The third kappa shape index (κ3) is 4.32. The van der Waals surface area contributed by atoms with Crippen LogP contribution in [0.15, 0.2) is 72.8 Å². The van der Waals surface area contributed by atoms with E-state index in [0.29, 0.717) is 24.3 Å². The molecule has 1 heterocycles. The number of halogens is 1. The molecular weight excluding hydrogens is 369 g/mol. The zero-order valence-electron chi connectivity index (χ0n) is 15.9. The number of urea groups is 1. The first-order valence-corrected chi connectivity index (χ1v) is 9.55. The molecule has 1 fully saturated rings. The Hall–Kier alpha value is -3.54. The summed E-state index contributed by atoms with van der Waals surface area (Å²) in [5.74, 6) is -0.0638. The molecule has 3 aromatic rings. The molecule has 29 heavy (non-hydrogen) atoms. The van der Waals surface area contributed by atoms with E-state index in [1.54, 1.807) is 41.3 Å². The predicted molar refractivity (Wildman–Crippen MR) is 113 cm³/mol. The van der Waals surface area contributed by atoms with Crippen molar-refractivity contribution in [3.05, 3.63) is 78.6 Å². The van der Waals surface area contributed by atoms with Crippen LogP contribution in [0.1, 0.15) is 0 Å². The van der Waals surface area contributed by atoms with Crippen molar-refractivity contribution in [2.24, 2.45) is 0 Å². The Morgan fingerprint density at radius 1 is 0.862 bits per heavy atom. The summed E-state index contributed by atoms with van der Waals surface area (Å²) in [6.07, 6.45) is 0. The van der Waals surface area contributed by atoms with Crippen molar-refractivity contribution in [3.8, 4) is 16.9 Å². The number of hydrogen-bond donors (Lipinski definition) is 2. The molecule has 0 bridgehead atoms. The van der Waals surface area contributed by atoms with Crippen LogP contribution in [-0.4, -0.2) is 42.2 Å². The van der Waals surface area contributed by atoms with E-state index in [9.17, 15) is 14.3 Å². The molecule has 0 saturated carbocycles. The molecule has 5 nitrogen and oxygen atoms in total. The van der Waals surface area contributed by atoms with Gasteiger partial charge in [-0.05, 0) is 48.0 Å². The van der Waals surface area contributed by atoms with Gasteiger partial charge in [-0.25, -0.2) is 9.18 Å². The van der Waals surface area contributed by atoms with Crippen LogP contribution in [0.4, 0.5) is 20.6 Å². The number of carbonyl (C=O) groups excluding carboxylic acids is 1. The molecule has 1 aliphatic rings. The van der Waals surface area contributed by atoms with E-state index in [1.807, 2.05) is 30.3 Å². The SMILES string of the molecule is O=C(Nc1ccc(O)cc1)N1CCN(c2ccc(-c3ccccc3F)cc2)CC1. The molecule has 148 valence electrons. The second-order valence-electron chi connectivity index (χ2n) is 6.98. The minimum Gasteiger partial charge on any atom is -0.508 e. The van der Waals surface area contributed by atoms with Crippen molar-refractivity contribution < 1.29 is 14.3 Å². The molecule has 0 radical (unpaired) electrons. The summed E-state index contributed by atoms with van der Waals surface area (Å²) >= 11 is 0. The molecule has 1 saturated heterocycles. The van der Waals surface area contributed by atoms with Gasteiger partial charge in [0.05, 0.1) is 0 Å². The molecule has 6 heteroatoms. The van der Waals surface area contributed by atoms with Crippen LogP contribution in [0, 0.1) is 5.82 Å². The lowest BCUT2D eigenvalue weighted by molar-refractivity contribution is 0.208. The van der Waals surface area contributed by atoms with Crippen molar-refractivity contribution in [2.45, 2.75) is 0 Å². The van der Waals surface area contributed by atoms with Crippen LogP contribution in [0.25, 0.3) is 11.1 Å². The van der Waals surface area contributed by atoms with E-state index in [2.05, 4.69) is 10.2 Å². The van der Waals surface area contributed by atoms with Gasteiger partial charge in [-0.1, -0.05) is 30.3 Å². The summed E-state index contributed by atoms with van der Waals surface area (Å²) in [6, 6.07) is 20.9. The van der Waals surface area contributed by atoms with Gasteiger partial charge in [0, 0.05) is 43.1 Å². The summed E-state index contributed by atoms with van der Waals surface area (Å²) in [5, 5.41) is 12.2. The third-order valence-corrected chi connectivity index (χ3v) is 5.10. The topological polar surface area (TPSA) is 55.8 Å². The molecule has 0 spiro atoms. The van der Waals surface area contributed by atoms with Crippen LogP contribution in [0.5, 0.6) is 5.75 Å². The first kappa shape index (κ1) is 18.8. The molecule has 1 aliphatic heterocycles. The molecule has 0 aliphatic carbocycles. The molecule has 0 unspecified atom stereocenters. The van der Waals surface area contributed by atoms with Crippen molar-refractivity contribution in [2.75, 3.05) is 36.4 Å². The Morgan fingerprint density at radius 2 is 1.52 bits per heavy atom. The van der Waals surface area contributed by atoms with Gasteiger partial charge in [0.2, 0.25) is 0 Å². The summed E-state index contributed by atoms with van der Waals surface area (Å²) in [5.41, 5.74) is 3.15. The number of aromatic hydroxyl groups is 1. The number of phenolic OH excluding ortho intramolecular Hbond substituents is 1. The summed E-state index contributed by atoms with van der Waals surface area (Å²) in [7, 11) is 0. The summed E-state index contributed by atoms with van der Waals surface area (Å²) in [4.78, 5) is 16.4. The number of amides is 2. The predicted octanol–water partition coefficient (Wildman–Crippen LogP) is 4.55. The second kappa shape index (κ2) is 8.22. The molecule has 0 aromatic heterocycles. The number of anilines is 2. The zero-order chi connectivity index (χ0) is 20.2. The average molecular weight is 391 g/mol. The number of rotatable bonds is 3. The van der Waals surface area contributed by atoms with Gasteiger partial charge in [-0.2, -0.15) is 0 Å². The van der Waals surface area contributed by atoms with Crippen molar-refractivity contribution in [1.29, 1.82) is 0 Å². The van der Waals surface area contributed by atoms with Crippen LogP contribution >= 0.6 is 0 Å². The first-order chi connectivity index (χ1) is 14.1. The maximum Gasteiger partial charge on any atom is 0.321 e. The summed E-state index contributed by atoms with van der Waals surface area (Å²) in [6.45, 7) is 2.67. The minimum atomic E-state index is -0.228. The number of hydrogen-bond acceptors (Lipinski definition) is 3. The van der Waals surface area contributed by atoms with E-state index < -0.39 is 0 Å². The van der Waals surface area contributed by atoms with Crippen molar-refractivity contribution >= 4 is 17.4 Å². The van der Waals surface area contributed by atoms with E-state index >= 15 is 0 Å². The number of carbonyl (C=O) groups is 1. The lowest BCUT2D eigenvalue weighted by Gasteiger charge is -2.36. The average Bonchev–Trinajstić information content (AvgIpc) is 2.76. The Bertz CT molecular complexity index is 982. The number of piperazine rings is 1. The highest BCUT2D eigenvalue weighted by atomic mass is 19.1. The highest BCUT2D eigenvalue weighted by Crippen LogP contribution is 2.26. The fourth-order valence-corrected chi connectivity index (χ4v) is 3.46. The fraction of sp³-hybridized carbons (Fsp3) is 0.174. The number of benzene rings is 3. The highest BCUT2D eigenvalue weighted by molar-refractivity contribution is 5.89. The number of nitrogens with one attached hydrogen (secondary N) is 1. The molecule has 3 aromatic carbocycles. The monoisotopic (exact) mass is 391 g/mol. The summed E-state index contributed by atoms with van der Waals surface area (Å²) < 4.78 is 14.0. The smallest absolute Gasteiger partial charge is 0.321 e. The molecule has 4 rings (SSSR count). The fourth-order valence-electron chi connectivity index (χ4n) is 3.46. The Balaban J connectivity index is 1.35. The largest absolute Gasteiger partial charge is 0.508 e. The number of phenols is 1. The minimum absolute atomic E-state index is 0.148. The molecule has 0 atom stereocenters. The Morgan fingerprint density at radius 3 is 2.17 bits per heavy atom. The molecule has 2 amide bonds. The quantitative estimate of drug-likeness (QED) is 0.644. The van der Waals surface area contributed by atoms with Gasteiger partial charge >= 0.3 is 6.03 Å². The highest BCUT2D eigenvalue weighted by Gasteiger charge is 2.21. The van der Waals surface area contributed by atoms with E-state index in [0.717, 1.165) is 24.3 Å². The lowest BCUT2D eigenvalue weighted by atomic mass is 10.0. The maximum absolute atomic E-state index is 14.0. The van der Waals surface area contributed by atoms with Crippen LogP contribution in [-0.2, 0) is 0 Å². The van der Waals surface area contributed by atoms with Crippen LogP contribution in [0.2, 0.25) is 0 Å². The zero-order valence-corrected chi connectivity index (χ0v) is 15.9. The van der Waals surface area contributed by atoms with Gasteiger partial charge in [0.15, 0.2) is 0 Å². The lowest BCUT2D eigenvalue weighted by Crippen LogP contribution is -2.50. The second-order valence-corrected chi connectivity index (χ2v) is 6.98. The first-order valence-electron chi connectivity index (χ1n) is 9.55. The van der Waals surface area contributed by atoms with Gasteiger partial charge in [0.1, 0.15) is 11.6 Å². The molecular formula is C23H22FN3O2. The van der Waals surface area contributed by atoms with E-state index in [1.165, 1.54) is 6.07 Å². The van der Waals surface area contributed by atoms with Gasteiger partial charge in [-0.15, -0.1) is 0 Å². The number of nitrogens with zero attached hydrogens (tertiary/aromatic N) is 2. The Labute approximate surface area is 169 Å². The van der Waals surface area contributed by atoms with Crippen LogP contribution in [0.3, 0.4) is 0 Å². The van der Waals surface area contributed by atoms with Gasteiger partial charge < -0.3 is 20.2 Å². The molecule has 2 N–H and O–H groups in total. The van der Waals surface area contributed by atoms with Crippen molar-refractivity contribution in [3.63, 3.8) is 0 Å². The maximum atomic E-state index is 14.0. The normalized spacial score (nSPS) is 14.0. The standard InChI is InChI=1S/C23H22FN3O2/c24-22-4-2-1-3-21(22)17-5-9-19(10-6-17)26-13-15-27(16-14-26)23(29)25-18-7-11-20(28)12-8-18/h1-12,28H,13-16H2,(H,25,29). The third-order valence-electron chi connectivity index (χ3n) is 5.10. The van der Waals surface area contributed by atoms with E-state index in [4.69, 9.17) is 0 Å². The van der Waals surface area contributed by atoms with Crippen molar-refractivity contribution in [1.82, 2.24) is 4.90 Å². The Kier molecular flexibility index (Phi) is 5.33. The van der Waals surface area contributed by atoms with Crippen LogP contribution < -0.4 is 10.2 Å². The van der Waals surface area contributed by atoms with Gasteiger partial charge in [0.25, 0.3) is 0 Å².